The highest BCUT2D eigenvalue weighted by molar-refractivity contribution is 5.90. The maximum atomic E-state index is 11.6. The first kappa shape index (κ1) is 13.9. The molecule has 1 atom stereocenters. The molecule has 1 aromatic carbocycles. The monoisotopic (exact) mass is 262 g/mol. The lowest BCUT2D eigenvalue weighted by atomic mass is 9.99. The third kappa shape index (κ3) is 3.07. The summed E-state index contributed by atoms with van der Waals surface area (Å²) < 4.78 is 4.78. The summed E-state index contributed by atoms with van der Waals surface area (Å²) in [6.07, 6.45) is 0. The van der Waals surface area contributed by atoms with Crippen molar-refractivity contribution in [2.45, 2.75) is 19.9 Å². The minimum atomic E-state index is -0.280. The number of hydrogen-bond acceptors (Lipinski definition) is 4. The van der Waals surface area contributed by atoms with E-state index in [0.29, 0.717) is 17.5 Å². The summed E-state index contributed by atoms with van der Waals surface area (Å²) in [6, 6.07) is 8.16. The molecule has 1 heterocycles. The van der Waals surface area contributed by atoms with Crippen molar-refractivity contribution in [3.63, 3.8) is 0 Å². The Labute approximate surface area is 114 Å². The van der Waals surface area contributed by atoms with Crippen molar-refractivity contribution < 1.29 is 9.53 Å². The number of esters is 1. The summed E-state index contributed by atoms with van der Waals surface area (Å²) in [5.74, 6) is 0.285. The molecule has 1 aliphatic rings. The molecule has 0 spiro atoms. The van der Waals surface area contributed by atoms with Crippen LogP contribution >= 0.6 is 0 Å². The Bertz CT molecular complexity index is 446. The standard InChI is InChI=1S/C15H22N2O2/c1-11(2)14-10-16-7-8-17(14)13-6-4-5-12(9-13)15(18)19-3/h4-6,9,11,14,16H,7-8,10H2,1-3H3/t14-/m0/s1. The van der Waals surface area contributed by atoms with Gasteiger partial charge in [-0.3, -0.25) is 0 Å². The molecule has 0 saturated carbocycles. The summed E-state index contributed by atoms with van der Waals surface area (Å²) in [5.41, 5.74) is 1.71. The smallest absolute Gasteiger partial charge is 0.337 e. The van der Waals surface area contributed by atoms with Gasteiger partial charge in [-0.1, -0.05) is 19.9 Å². The van der Waals surface area contributed by atoms with E-state index in [1.54, 1.807) is 6.07 Å². The van der Waals surface area contributed by atoms with Crippen LogP contribution in [0.15, 0.2) is 24.3 Å². The summed E-state index contributed by atoms with van der Waals surface area (Å²) in [5, 5.41) is 3.43. The second kappa shape index (κ2) is 6.06. The van der Waals surface area contributed by atoms with Gasteiger partial charge in [0.2, 0.25) is 0 Å². The molecular formula is C15H22N2O2. The van der Waals surface area contributed by atoms with Gasteiger partial charge in [-0.25, -0.2) is 4.79 Å². The van der Waals surface area contributed by atoms with Crippen LogP contribution < -0.4 is 10.2 Å². The molecule has 0 radical (unpaired) electrons. The number of benzene rings is 1. The topological polar surface area (TPSA) is 41.6 Å². The maximum Gasteiger partial charge on any atom is 0.337 e. The van der Waals surface area contributed by atoms with Crippen LogP contribution in [0.2, 0.25) is 0 Å². The average Bonchev–Trinajstić information content (AvgIpc) is 2.46. The van der Waals surface area contributed by atoms with Crippen LogP contribution in [0.3, 0.4) is 0 Å². The van der Waals surface area contributed by atoms with E-state index in [2.05, 4.69) is 30.1 Å². The number of hydrogen-bond donors (Lipinski definition) is 1. The molecule has 4 heteroatoms. The Morgan fingerprint density at radius 1 is 1.47 bits per heavy atom. The Kier molecular flexibility index (Phi) is 4.43. The van der Waals surface area contributed by atoms with E-state index in [1.807, 2.05) is 12.1 Å². The predicted molar refractivity (Wildman–Crippen MR) is 76.6 cm³/mol. The molecule has 1 aromatic rings. The van der Waals surface area contributed by atoms with Gasteiger partial charge >= 0.3 is 5.97 Å². The molecule has 0 aliphatic carbocycles. The molecule has 0 bridgehead atoms. The summed E-state index contributed by atoms with van der Waals surface area (Å²) in [7, 11) is 1.41. The fourth-order valence-electron chi connectivity index (χ4n) is 2.57. The third-order valence-electron chi connectivity index (χ3n) is 3.65. The van der Waals surface area contributed by atoms with Gasteiger partial charge in [0, 0.05) is 31.4 Å². The molecule has 0 aromatic heterocycles. The quantitative estimate of drug-likeness (QED) is 0.845. The Morgan fingerprint density at radius 3 is 2.95 bits per heavy atom. The molecule has 19 heavy (non-hydrogen) atoms. The average molecular weight is 262 g/mol. The Morgan fingerprint density at radius 2 is 2.26 bits per heavy atom. The molecule has 4 nitrogen and oxygen atoms in total. The van der Waals surface area contributed by atoms with E-state index in [0.717, 1.165) is 25.3 Å². The molecule has 0 unspecified atom stereocenters. The van der Waals surface area contributed by atoms with E-state index in [1.165, 1.54) is 7.11 Å². The van der Waals surface area contributed by atoms with Gasteiger partial charge in [-0.05, 0) is 24.1 Å². The zero-order valence-electron chi connectivity index (χ0n) is 11.8. The molecule has 104 valence electrons. The van der Waals surface area contributed by atoms with Crippen LogP contribution in [-0.4, -0.2) is 38.8 Å². The second-order valence-electron chi connectivity index (χ2n) is 5.25. The SMILES string of the molecule is COC(=O)c1cccc(N2CCNC[C@H]2C(C)C)c1. The van der Waals surface area contributed by atoms with E-state index in [4.69, 9.17) is 4.74 Å². The molecule has 0 amide bonds. The molecule has 1 aliphatic heterocycles. The van der Waals surface area contributed by atoms with Crippen molar-refractivity contribution in [2.24, 2.45) is 5.92 Å². The van der Waals surface area contributed by atoms with Gasteiger partial charge < -0.3 is 15.0 Å². The lowest BCUT2D eigenvalue weighted by molar-refractivity contribution is 0.0601. The van der Waals surface area contributed by atoms with Crippen LogP contribution in [0.25, 0.3) is 0 Å². The number of carbonyl (C=O) groups excluding carboxylic acids is 1. The van der Waals surface area contributed by atoms with E-state index in [9.17, 15) is 4.79 Å². The number of nitrogens with zero attached hydrogens (tertiary/aromatic N) is 1. The van der Waals surface area contributed by atoms with Gasteiger partial charge in [0.15, 0.2) is 0 Å². The molecule has 2 rings (SSSR count). The molecule has 1 N–H and O–H groups in total. The number of rotatable bonds is 3. The van der Waals surface area contributed by atoms with Crippen LogP contribution in [0.1, 0.15) is 24.2 Å². The van der Waals surface area contributed by atoms with Crippen LogP contribution in [0.5, 0.6) is 0 Å². The second-order valence-corrected chi connectivity index (χ2v) is 5.25. The fourth-order valence-corrected chi connectivity index (χ4v) is 2.57. The molecular weight excluding hydrogens is 240 g/mol. The van der Waals surface area contributed by atoms with Crippen molar-refractivity contribution in [2.75, 3.05) is 31.6 Å². The summed E-state index contributed by atoms with van der Waals surface area (Å²) in [6.45, 7) is 7.39. The maximum absolute atomic E-state index is 11.6. The largest absolute Gasteiger partial charge is 0.465 e. The minimum Gasteiger partial charge on any atom is -0.465 e. The summed E-state index contributed by atoms with van der Waals surface area (Å²) >= 11 is 0. The van der Waals surface area contributed by atoms with Crippen LogP contribution in [0, 0.1) is 5.92 Å². The lowest BCUT2D eigenvalue weighted by Gasteiger charge is -2.40. The van der Waals surface area contributed by atoms with E-state index in [-0.39, 0.29) is 5.97 Å². The molecule has 1 fully saturated rings. The number of methoxy groups -OCH3 is 1. The highest BCUT2D eigenvalue weighted by Gasteiger charge is 2.25. The van der Waals surface area contributed by atoms with Crippen molar-refractivity contribution >= 4 is 11.7 Å². The van der Waals surface area contributed by atoms with E-state index >= 15 is 0 Å². The van der Waals surface area contributed by atoms with Gasteiger partial charge in [-0.2, -0.15) is 0 Å². The number of nitrogens with one attached hydrogen (secondary N) is 1. The normalized spacial score (nSPS) is 19.6. The third-order valence-corrected chi connectivity index (χ3v) is 3.65. The zero-order valence-corrected chi connectivity index (χ0v) is 11.8. The van der Waals surface area contributed by atoms with Gasteiger partial charge in [0.25, 0.3) is 0 Å². The van der Waals surface area contributed by atoms with Gasteiger partial charge in [0.05, 0.1) is 12.7 Å². The number of anilines is 1. The van der Waals surface area contributed by atoms with Crippen molar-refractivity contribution in [1.29, 1.82) is 0 Å². The highest BCUT2D eigenvalue weighted by atomic mass is 16.5. The fraction of sp³-hybridized carbons (Fsp3) is 0.533. The van der Waals surface area contributed by atoms with Crippen molar-refractivity contribution in [3.05, 3.63) is 29.8 Å². The minimum absolute atomic E-state index is 0.280. The van der Waals surface area contributed by atoms with Crippen LogP contribution in [0.4, 0.5) is 5.69 Å². The first-order chi connectivity index (χ1) is 9.13. The number of ether oxygens (including phenoxy) is 1. The first-order valence-electron chi connectivity index (χ1n) is 6.79. The van der Waals surface area contributed by atoms with Crippen molar-refractivity contribution in [3.8, 4) is 0 Å². The van der Waals surface area contributed by atoms with E-state index < -0.39 is 0 Å². The number of piperazine rings is 1. The van der Waals surface area contributed by atoms with Crippen molar-refractivity contribution in [1.82, 2.24) is 5.32 Å². The van der Waals surface area contributed by atoms with Gasteiger partial charge in [0.1, 0.15) is 0 Å². The van der Waals surface area contributed by atoms with Gasteiger partial charge in [-0.15, -0.1) is 0 Å². The lowest BCUT2D eigenvalue weighted by Crippen LogP contribution is -2.53. The number of carbonyl (C=O) groups is 1. The predicted octanol–water partition coefficient (Wildman–Crippen LogP) is 1.91. The Hall–Kier alpha value is -1.55. The first-order valence-corrected chi connectivity index (χ1v) is 6.79. The van der Waals surface area contributed by atoms with Crippen LogP contribution in [-0.2, 0) is 4.74 Å². The highest BCUT2D eigenvalue weighted by Crippen LogP contribution is 2.23. The zero-order chi connectivity index (χ0) is 13.8. The Balaban J connectivity index is 2.26. The molecule has 1 saturated heterocycles. The summed E-state index contributed by atoms with van der Waals surface area (Å²) in [4.78, 5) is 14.0.